The molecule has 1 aliphatic heterocycles. The molecule has 0 amide bonds. The summed E-state index contributed by atoms with van der Waals surface area (Å²) in [5.74, 6) is 0. The maximum atomic E-state index is 12.5. The van der Waals surface area contributed by atoms with Crippen LogP contribution in [0.1, 0.15) is 6.92 Å². The SMILES string of the molecule is C[C@H]1CNCCN1S(=O)(=O)c1ccc(Cl)c(Cl)c1.Cl. The van der Waals surface area contributed by atoms with E-state index in [0.717, 1.165) is 0 Å². The molecular weight excluding hydrogens is 331 g/mol. The molecule has 1 saturated heterocycles. The van der Waals surface area contributed by atoms with E-state index in [1.165, 1.54) is 22.5 Å². The zero-order chi connectivity index (χ0) is 13.3. The minimum absolute atomic E-state index is 0. The Morgan fingerprint density at radius 3 is 2.58 bits per heavy atom. The van der Waals surface area contributed by atoms with Gasteiger partial charge >= 0.3 is 0 Å². The summed E-state index contributed by atoms with van der Waals surface area (Å²) in [5, 5.41) is 3.76. The summed E-state index contributed by atoms with van der Waals surface area (Å²) in [6.07, 6.45) is 0. The quantitative estimate of drug-likeness (QED) is 0.895. The molecule has 0 unspecified atom stereocenters. The van der Waals surface area contributed by atoms with E-state index in [2.05, 4.69) is 5.32 Å². The number of hydrogen-bond donors (Lipinski definition) is 1. The van der Waals surface area contributed by atoms with Crippen LogP contribution >= 0.6 is 35.6 Å². The van der Waals surface area contributed by atoms with Crippen molar-refractivity contribution in [2.45, 2.75) is 17.9 Å². The van der Waals surface area contributed by atoms with Crippen LogP contribution in [-0.4, -0.2) is 38.4 Å². The van der Waals surface area contributed by atoms with Gasteiger partial charge in [0, 0.05) is 25.7 Å². The fourth-order valence-corrected chi connectivity index (χ4v) is 3.97. The van der Waals surface area contributed by atoms with Gasteiger partial charge in [-0.3, -0.25) is 0 Å². The van der Waals surface area contributed by atoms with Gasteiger partial charge in [0.2, 0.25) is 10.0 Å². The molecule has 108 valence electrons. The van der Waals surface area contributed by atoms with Gasteiger partial charge in [0.1, 0.15) is 0 Å². The highest BCUT2D eigenvalue weighted by Gasteiger charge is 2.31. The summed E-state index contributed by atoms with van der Waals surface area (Å²) < 4.78 is 26.4. The number of piperazine rings is 1. The van der Waals surface area contributed by atoms with Gasteiger partial charge in [0.05, 0.1) is 14.9 Å². The molecule has 0 bridgehead atoms. The molecule has 0 aromatic heterocycles. The first-order valence-corrected chi connectivity index (χ1v) is 7.80. The van der Waals surface area contributed by atoms with Crippen molar-refractivity contribution in [1.82, 2.24) is 9.62 Å². The Morgan fingerprint density at radius 2 is 2.00 bits per heavy atom. The molecule has 1 atom stereocenters. The predicted molar refractivity (Wildman–Crippen MR) is 79.9 cm³/mol. The average molecular weight is 346 g/mol. The smallest absolute Gasteiger partial charge is 0.243 e. The highest BCUT2D eigenvalue weighted by molar-refractivity contribution is 7.89. The maximum absolute atomic E-state index is 12.5. The van der Waals surface area contributed by atoms with Gasteiger partial charge in [-0.15, -0.1) is 12.4 Å². The first kappa shape index (κ1) is 17.0. The van der Waals surface area contributed by atoms with Gasteiger partial charge in [0.15, 0.2) is 0 Å². The minimum atomic E-state index is -3.50. The molecule has 0 radical (unpaired) electrons. The first-order valence-electron chi connectivity index (χ1n) is 5.60. The number of halogens is 3. The molecule has 1 N–H and O–H groups in total. The Labute approximate surface area is 129 Å². The molecule has 1 aromatic carbocycles. The molecule has 0 saturated carbocycles. The van der Waals surface area contributed by atoms with Gasteiger partial charge in [0.25, 0.3) is 0 Å². The number of sulfonamides is 1. The second-order valence-corrected chi connectivity index (χ2v) is 6.95. The second-order valence-electron chi connectivity index (χ2n) is 4.24. The molecule has 1 fully saturated rings. The fraction of sp³-hybridized carbons (Fsp3) is 0.455. The standard InChI is InChI=1S/C11H14Cl2N2O2S.ClH/c1-8-7-14-4-5-15(8)18(16,17)9-2-3-10(12)11(13)6-9;/h2-3,6,8,14H,4-5,7H2,1H3;1H/t8-;/m0./s1. The molecular formula is C11H15Cl3N2O2S. The van der Waals surface area contributed by atoms with Crippen molar-refractivity contribution in [3.8, 4) is 0 Å². The van der Waals surface area contributed by atoms with Crippen LogP contribution in [0.15, 0.2) is 23.1 Å². The first-order chi connectivity index (χ1) is 8.43. The molecule has 8 heteroatoms. The van der Waals surface area contributed by atoms with Crippen molar-refractivity contribution >= 4 is 45.6 Å². The van der Waals surface area contributed by atoms with E-state index in [-0.39, 0.29) is 28.4 Å². The van der Waals surface area contributed by atoms with E-state index in [4.69, 9.17) is 23.2 Å². The lowest BCUT2D eigenvalue weighted by atomic mass is 10.3. The lowest BCUT2D eigenvalue weighted by Gasteiger charge is -2.32. The highest BCUT2D eigenvalue weighted by atomic mass is 35.5. The predicted octanol–water partition coefficient (Wildman–Crippen LogP) is 2.40. The van der Waals surface area contributed by atoms with Gasteiger partial charge in [-0.2, -0.15) is 4.31 Å². The molecule has 0 aliphatic carbocycles. The molecule has 0 spiro atoms. The number of nitrogens with zero attached hydrogens (tertiary/aromatic N) is 1. The van der Waals surface area contributed by atoms with Crippen molar-refractivity contribution in [1.29, 1.82) is 0 Å². The third-order valence-corrected chi connectivity index (χ3v) is 5.69. The van der Waals surface area contributed by atoms with Crippen molar-refractivity contribution in [2.24, 2.45) is 0 Å². The van der Waals surface area contributed by atoms with Crippen molar-refractivity contribution in [3.05, 3.63) is 28.2 Å². The molecule has 4 nitrogen and oxygen atoms in total. The van der Waals surface area contributed by atoms with E-state index in [0.29, 0.717) is 24.7 Å². The molecule has 1 aliphatic rings. The topological polar surface area (TPSA) is 49.4 Å². The Hall–Kier alpha value is -0.0400. The summed E-state index contributed by atoms with van der Waals surface area (Å²) >= 11 is 11.7. The molecule has 1 heterocycles. The van der Waals surface area contributed by atoms with Crippen molar-refractivity contribution < 1.29 is 8.42 Å². The van der Waals surface area contributed by atoms with Crippen LogP contribution in [0.4, 0.5) is 0 Å². The van der Waals surface area contributed by atoms with E-state index in [1.54, 1.807) is 0 Å². The van der Waals surface area contributed by atoms with Crippen molar-refractivity contribution in [3.63, 3.8) is 0 Å². The highest BCUT2D eigenvalue weighted by Crippen LogP contribution is 2.27. The van der Waals surface area contributed by atoms with Crippen molar-refractivity contribution in [2.75, 3.05) is 19.6 Å². The number of benzene rings is 1. The van der Waals surface area contributed by atoms with E-state index < -0.39 is 10.0 Å². The zero-order valence-electron chi connectivity index (χ0n) is 10.3. The van der Waals surface area contributed by atoms with Crippen LogP contribution in [0.5, 0.6) is 0 Å². The van der Waals surface area contributed by atoms with Crippen LogP contribution in [0.25, 0.3) is 0 Å². The Morgan fingerprint density at radius 1 is 1.32 bits per heavy atom. The number of rotatable bonds is 2. The Kier molecular flexibility index (Phi) is 5.92. The molecule has 2 rings (SSSR count). The van der Waals surface area contributed by atoms with E-state index >= 15 is 0 Å². The fourth-order valence-electron chi connectivity index (χ4n) is 1.95. The van der Waals surface area contributed by atoms with Crippen LogP contribution in [0.3, 0.4) is 0 Å². The van der Waals surface area contributed by atoms with E-state index in [1.807, 2.05) is 6.92 Å². The van der Waals surface area contributed by atoms with Gasteiger partial charge in [-0.1, -0.05) is 23.2 Å². The summed E-state index contributed by atoms with van der Waals surface area (Å²) in [5.41, 5.74) is 0. The van der Waals surface area contributed by atoms with E-state index in [9.17, 15) is 8.42 Å². The third kappa shape index (κ3) is 3.54. The second kappa shape index (κ2) is 6.61. The summed E-state index contributed by atoms with van der Waals surface area (Å²) in [4.78, 5) is 0.186. The molecule has 1 aromatic rings. The Bertz CT molecular complexity index is 551. The van der Waals surface area contributed by atoms with Crippen LogP contribution in [-0.2, 0) is 10.0 Å². The largest absolute Gasteiger partial charge is 0.314 e. The molecule has 19 heavy (non-hydrogen) atoms. The maximum Gasteiger partial charge on any atom is 0.243 e. The van der Waals surface area contributed by atoms with Gasteiger partial charge in [-0.05, 0) is 25.1 Å². The minimum Gasteiger partial charge on any atom is -0.314 e. The summed E-state index contributed by atoms with van der Waals surface area (Å²) in [7, 11) is -3.50. The monoisotopic (exact) mass is 344 g/mol. The average Bonchev–Trinajstić information content (AvgIpc) is 2.33. The Balaban J connectivity index is 0.00000180. The number of hydrogen-bond acceptors (Lipinski definition) is 3. The summed E-state index contributed by atoms with van der Waals surface area (Å²) in [6.45, 7) is 3.65. The van der Waals surface area contributed by atoms with Gasteiger partial charge < -0.3 is 5.32 Å². The third-order valence-electron chi connectivity index (χ3n) is 2.94. The summed E-state index contributed by atoms with van der Waals surface area (Å²) in [6, 6.07) is 4.31. The van der Waals surface area contributed by atoms with Gasteiger partial charge in [-0.25, -0.2) is 8.42 Å². The lowest BCUT2D eigenvalue weighted by molar-refractivity contribution is 0.284. The zero-order valence-corrected chi connectivity index (χ0v) is 13.4. The van der Waals surface area contributed by atoms with Crippen LogP contribution in [0.2, 0.25) is 10.0 Å². The van der Waals surface area contributed by atoms with Crippen LogP contribution in [0, 0.1) is 0 Å². The number of nitrogens with one attached hydrogen (secondary N) is 1. The normalized spacial score (nSPS) is 20.9. The lowest BCUT2D eigenvalue weighted by Crippen LogP contribution is -2.52. The van der Waals surface area contributed by atoms with Crippen LogP contribution < -0.4 is 5.32 Å².